The zero-order chi connectivity index (χ0) is 17.4. The molecule has 0 saturated carbocycles. The van der Waals surface area contributed by atoms with Gasteiger partial charge in [-0.15, -0.1) is 5.12 Å². The number of aromatic amines is 1. The van der Waals surface area contributed by atoms with Crippen molar-refractivity contribution < 1.29 is 18.8 Å². The number of aromatic nitrogens is 3. The van der Waals surface area contributed by atoms with Crippen molar-refractivity contribution in [3.8, 4) is 5.69 Å². The number of amides is 2. The second-order valence-electron chi connectivity index (χ2n) is 5.42. The van der Waals surface area contributed by atoms with Crippen LogP contribution in [0.25, 0.3) is 5.69 Å². The maximum absolute atomic E-state index is 14.1. The van der Waals surface area contributed by atoms with E-state index in [0.29, 0.717) is 16.0 Å². The van der Waals surface area contributed by atoms with Crippen molar-refractivity contribution >= 4 is 24.2 Å². The van der Waals surface area contributed by atoms with E-state index in [9.17, 15) is 14.1 Å². The van der Waals surface area contributed by atoms with Gasteiger partial charge in [0.05, 0.1) is 5.92 Å². The molecule has 0 radical (unpaired) electrons. The molecule has 3 unspecified atom stereocenters. The molecule has 0 aliphatic carbocycles. The van der Waals surface area contributed by atoms with Gasteiger partial charge in [-0.05, 0) is 36.8 Å². The number of hydrogen-bond acceptors (Lipinski definition) is 5. The number of nitrogens with two attached hydrogens (primary N) is 1. The van der Waals surface area contributed by atoms with Gasteiger partial charge in [0.1, 0.15) is 18.5 Å². The summed E-state index contributed by atoms with van der Waals surface area (Å²) in [6.45, 7) is 1.49. The van der Waals surface area contributed by atoms with Crippen LogP contribution in [-0.2, 0) is 9.53 Å². The molecule has 3 N–H and O–H groups in total. The third-order valence-electron chi connectivity index (χ3n) is 3.97. The summed E-state index contributed by atoms with van der Waals surface area (Å²) in [5.41, 5.74) is 6.44. The van der Waals surface area contributed by atoms with Crippen molar-refractivity contribution in [3.63, 3.8) is 0 Å². The summed E-state index contributed by atoms with van der Waals surface area (Å²) in [7, 11) is 0. The number of ether oxygens (including phenoxy) is 1. The van der Waals surface area contributed by atoms with Crippen LogP contribution in [0.5, 0.6) is 0 Å². The van der Waals surface area contributed by atoms with E-state index < -0.39 is 30.1 Å². The molecule has 10 heteroatoms. The minimum Gasteiger partial charge on any atom is -0.441 e. The summed E-state index contributed by atoms with van der Waals surface area (Å²) in [5.74, 6) is -1.50. The predicted molar refractivity (Wildman–Crippen MR) is 83.1 cm³/mol. The van der Waals surface area contributed by atoms with Crippen LogP contribution < -0.4 is 5.73 Å². The highest BCUT2D eigenvalue weighted by atomic mass is 32.1. The van der Waals surface area contributed by atoms with E-state index in [1.165, 1.54) is 13.3 Å². The Kier molecular flexibility index (Phi) is 4.06. The van der Waals surface area contributed by atoms with Crippen LogP contribution in [0.1, 0.15) is 18.5 Å². The summed E-state index contributed by atoms with van der Waals surface area (Å²) in [6.07, 6.45) is -0.625. The number of carbonyl (C=O) groups excluding carboxylic acids is 2. The minimum absolute atomic E-state index is 0.0252. The number of rotatable bonds is 4. The smallest absolute Gasteiger partial charge is 0.439 e. The normalized spacial score (nSPS) is 21.6. The van der Waals surface area contributed by atoms with Gasteiger partial charge in [0.15, 0.2) is 4.77 Å². The molecule has 126 valence electrons. The molecule has 8 nitrogen and oxygen atoms in total. The highest BCUT2D eigenvalue weighted by Gasteiger charge is 2.47. The number of halogens is 1. The number of hydrogen-bond donors (Lipinski definition) is 2. The van der Waals surface area contributed by atoms with E-state index in [2.05, 4.69) is 10.2 Å². The molecule has 1 aliphatic rings. The number of H-pyrrole nitrogens is 1. The zero-order valence-corrected chi connectivity index (χ0v) is 13.4. The Bertz CT molecular complexity index is 833. The first-order chi connectivity index (χ1) is 11.4. The van der Waals surface area contributed by atoms with E-state index in [1.54, 1.807) is 28.8 Å². The van der Waals surface area contributed by atoms with Crippen molar-refractivity contribution in [2.45, 2.75) is 19.1 Å². The largest absolute Gasteiger partial charge is 0.441 e. The summed E-state index contributed by atoms with van der Waals surface area (Å²) in [6, 6.07) is 5.60. The zero-order valence-electron chi connectivity index (χ0n) is 12.5. The molecule has 0 bridgehead atoms. The first-order valence-electron chi connectivity index (χ1n) is 7.07. The van der Waals surface area contributed by atoms with Gasteiger partial charge in [0.25, 0.3) is 0 Å². The number of carbonyl (C=O) groups is 2. The maximum atomic E-state index is 14.1. The Morgan fingerprint density at radius 2 is 2.12 bits per heavy atom. The second kappa shape index (κ2) is 6.04. The van der Waals surface area contributed by atoms with Gasteiger partial charge < -0.3 is 10.5 Å². The molecule has 3 atom stereocenters. The number of nitrogens with zero attached hydrogens (tertiary/aromatic N) is 3. The SMILES string of the molecule is CC(C(N)=O)C1OC(=O)N(F)C1c1ccc(-n2cn[nH]c2=S)cc1. The molecule has 0 spiro atoms. The quantitative estimate of drug-likeness (QED) is 0.645. The molecular weight excluding hydrogens is 337 g/mol. The fourth-order valence-electron chi connectivity index (χ4n) is 2.60. The Morgan fingerprint density at radius 1 is 1.46 bits per heavy atom. The average Bonchev–Trinajstić information content (AvgIpc) is 3.11. The first-order valence-corrected chi connectivity index (χ1v) is 7.48. The maximum Gasteiger partial charge on any atom is 0.439 e. The fourth-order valence-corrected chi connectivity index (χ4v) is 2.80. The van der Waals surface area contributed by atoms with Crippen LogP contribution in [-0.4, -0.2) is 38.0 Å². The summed E-state index contributed by atoms with van der Waals surface area (Å²) in [5, 5.41) is 6.43. The summed E-state index contributed by atoms with van der Waals surface area (Å²) >= 11 is 5.08. The highest BCUT2D eigenvalue weighted by molar-refractivity contribution is 7.71. The molecular formula is C14H14FN5O3S. The summed E-state index contributed by atoms with van der Waals surface area (Å²) < 4.78 is 21.2. The van der Waals surface area contributed by atoms with E-state index >= 15 is 0 Å². The van der Waals surface area contributed by atoms with Gasteiger partial charge in [0.2, 0.25) is 5.91 Å². The molecule has 2 amide bonds. The van der Waals surface area contributed by atoms with Gasteiger partial charge in [-0.1, -0.05) is 16.6 Å². The molecule has 1 aliphatic heterocycles. The van der Waals surface area contributed by atoms with Crippen LogP contribution in [0, 0.1) is 10.7 Å². The lowest BCUT2D eigenvalue weighted by molar-refractivity contribution is -0.124. The Hall–Kier alpha value is -2.75. The number of benzene rings is 1. The Morgan fingerprint density at radius 3 is 2.67 bits per heavy atom. The summed E-state index contributed by atoms with van der Waals surface area (Å²) in [4.78, 5) is 22.9. The van der Waals surface area contributed by atoms with E-state index in [-0.39, 0.29) is 5.12 Å². The molecule has 2 aromatic rings. The van der Waals surface area contributed by atoms with Crippen LogP contribution >= 0.6 is 12.2 Å². The van der Waals surface area contributed by atoms with Crippen molar-refractivity contribution in [1.82, 2.24) is 19.9 Å². The number of nitrogens with one attached hydrogen (secondary N) is 1. The predicted octanol–water partition coefficient (Wildman–Crippen LogP) is 1.80. The topological polar surface area (TPSA) is 106 Å². The highest BCUT2D eigenvalue weighted by Crippen LogP contribution is 2.37. The first kappa shape index (κ1) is 16.1. The fraction of sp³-hybridized carbons (Fsp3) is 0.286. The van der Waals surface area contributed by atoms with Crippen LogP contribution in [0.2, 0.25) is 0 Å². The lowest BCUT2D eigenvalue weighted by atomic mass is 9.92. The molecule has 1 aromatic heterocycles. The number of cyclic esters (lactones) is 1. The molecule has 1 aromatic carbocycles. The minimum atomic E-state index is -1.14. The standard InChI is InChI=1S/C14H14FN5O3S/c1-7(12(16)21)11-10(20(15)14(22)23-11)8-2-4-9(5-3-8)19-6-17-18-13(19)24/h2-7,10-11H,1H3,(H2,16,21)(H,18,24). The van der Waals surface area contributed by atoms with E-state index in [1.807, 2.05) is 0 Å². The van der Waals surface area contributed by atoms with Gasteiger partial charge in [-0.25, -0.2) is 4.79 Å². The van der Waals surface area contributed by atoms with Crippen LogP contribution in [0.15, 0.2) is 30.6 Å². The third kappa shape index (κ3) is 2.64. The number of primary amides is 1. The van der Waals surface area contributed by atoms with E-state index in [0.717, 1.165) is 0 Å². The van der Waals surface area contributed by atoms with Crippen molar-refractivity contribution in [2.75, 3.05) is 0 Å². The van der Waals surface area contributed by atoms with E-state index in [4.69, 9.17) is 22.7 Å². The Labute approximate surface area is 140 Å². The average molecular weight is 351 g/mol. The third-order valence-corrected chi connectivity index (χ3v) is 4.26. The van der Waals surface area contributed by atoms with Crippen molar-refractivity contribution in [2.24, 2.45) is 11.7 Å². The lowest BCUT2D eigenvalue weighted by Crippen LogP contribution is -2.35. The lowest BCUT2D eigenvalue weighted by Gasteiger charge is -2.22. The van der Waals surface area contributed by atoms with Crippen molar-refractivity contribution in [1.29, 1.82) is 0 Å². The van der Waals surface area contributed by atoms with Gasteiger partial charge in [-0.2, -0.15) is 5.10 Å². The van der Waals surface area contributed by atoms with Crippen LogP contribution in [0.4, 0.5) is 9.28 Å². The van der Waals surface area contributed by atoms with Gasteiger partial charge in [-0.3, -0.25) is 14.5 Å². The molecule has 3 rings (SSSR count). The Balaban J connectivity index is 1.94. The molecule has 24 heavy (non-hydrogen) atoms. The molecule has 1 fully saturated rings. The van der Waals surface area contributed by atoms with Crippen LogP contribution in [0.3, 0.4) is 0 Å². The molecule has 1 saturated heterocycles. The van der Waals surface area contributed by atoms with Gasteiger partial charge >= 0.3 is 6.09 Å². The second-order valence-corrected chi connectivity index (χ2v) is 5.81. The monoisotopic (exact) mass is 351 g/mol. The van der Waals surface area contributed by atoms with Crippen molar-refractivity contribution in [3.05, 3.63) is 40.9 Å². The van der Waals surface area contributed by atoms with Gasteiger partial charge in [0, 0.05) is 5.69 Å². The molecule has 2 heterocycles.